The molecule has 1 aromatic rings. The highest BCUT2D eigenvalue weighted by Crippen LogP contribution is 2.27. The van der Waals surface area contributed by atoms with E-state index in [4.69, 9.17) is 0 Å². The van der Waals surface area contributed by atoms with Gasteiger partial charge in [0.15, 0.2) is 0 Å². The summed E-state index contributed by atoms with van der Waals surface area (Å²) in [6.45, 7) is 7.25. The second-order valence-electron chi connectivity index (χ2n) is 4.83. The first-order valence-corrected chi connectivity index (χ1v) is 6.35. The van der Waals surface area contributed by atoms with Gasteiger partial charge in [-0.05, 0) is 30.5 Å². The van der Waals surface area contributed by atoms with E-state index in [0.717, 1.165) is 42.9 Å². The topological polar surface area (TPSA) is 52.6 Å². The zero-order valence-corrected chi connectivity index (χ0v) is 10.9. The van der Waals surface area contributed by atoms with Crippen molar-refractivity contribution in [2.75, 3.05) is 26.2 Å². The number of aryl methyl sites for hydroxylation is 2. The average Bonchev–Trinajstić information content (AvgIpc) is 2.34. The Morgan fingerprint density at radius 3 is 2.33 bits per heavy atom. The minimum absolute atomic E-state index is 0.520. The van der Waals surface area contributed by atoms with Crippen molar-refractivity contribution in [1.82, 2.24) is 10.2 Å². The summed E-state index contributed by atoms with van der Waals surface area (Å²) >= 11 is 0. The van der Waals surface area contributed by atoms with Crippen LogP contribution in [0.5, 0.6) is 0 Å². The predicted octanol–water partition coefficient (Wildman–Crippen LogP) is 1.33. The van der Waals surface area contributed by atoms with E-state index in [-0.39, 0.29) is 0 Å². The van der Waals surface area contributed by atoms with E-state index in [2.05, 4.69) is 5.32 Å². The summed E-state index contributed by atoms with van der Waals surface area (Å²) in [7, 11) is 0. The number of carbonyl (C=O) groups is 1. The summed E-state index contributed by atoms with van der Waals surface area (Å²) in [5, 5.41) is 12.8. The Balaban J connectivity index is 2.37. The number of carboxylic acids is 1. The van der Waals surface area contributed by atoms with E-state index in [9.17, 15) is 9.90 Å². The third-order valence-electron chi connectivity index (χ3n) is 3.57. The number of nitrogens with zero attached hydrogens (tertiary/aromatic N) is 1. The molecular formula is C14H20N2O2. The molecule has 4 nitrogen and oxygen atoms in total. The fourth-order valence-electron chi connectivity index (χ4n) is 2.66. The molecule has 2 N–H and O–H groups in total. The standard InChI is InChI=1S/C14H20N2O2/c1-10-4-3-5-11(2)12(10)13(14(17)18)16-8-6-15-7-9-16/h3-5,13,15H,6-9H2,1-2H3,(H,17,18). The molecule has 2 rings (SSSR count). The molecular weight excluding hydrogens is 228 g/mol. The third-order valence-corrected chi connectivity index (χ3v) is 3.57. The first-order valence-electron chi connectivity index (χ1n) is 6.35. The average molecular weight is 248 g/mol. The molecule has 0 spiro atoms. The monoisotopic (exact) mass is 248 g/mol. The first-order chi connectivity index (χ1) is 8.61. The first kappa shape index (κ1) is 13.1. The van der Waals surface area contributed by atoms with Crippen LogP contribution in [-0.4, -0.2) is 42.2 Å². The Kier molecular flexibility index (Phi) is 3.99. The van der Waals surface area contributed by atoms with Crippen molar-refractivity contribution in [3.8, 4) is 0 Å². The van der Waals surface area contributed by atoms with Crippen LogP contribution < -0.4 is 5.32 Å². The quantitative estimate of drug-likeness (QED) is 0.847. The summed E-state index contributed by atoms with van der Waals surface area (Å²) in [5.74, 6) is -0.755. The van der Waals surface area contributed by atoms with Gasteiger partial charge >= 0.3 is 5.97 Å². The van der Waals surface area contributed by atoms with E-state index in [1.807, 2.05) is 36.9 Å². The zero-order valence-electron chi connectivity index (χ0n) is 10.9. The second-order valence-corrected chi connectivity index (χ2v) is 4.83. The summed E-state index contributed by atoms with van der Waals surface area (Å²) in [6.07, 6.45) is 0. The Hall–Kier alpha value is -1.39. The van der Waals surface area contributed by atoms with Crippen molar-refractivity contribution in [3.05, 3.63) is 34.9 Å². The van der Waals surface area contributed by atoms with E-state index in [1.54, 1.807) is 0 Å². The fourth-order valence-corrected chi connectivity index (χ4v) is 2.66. The highest BCUT2D eigenvalue weighted by atomic mass is 16.4. The van der Waals surface area contributed by atoms with Gasteiger partial charge in [-0.3, -0.25) is 9.69 Å². The molecule has 4 heteroatoms. The van der Waals surface area contributed by atoms with Crippen molar-refractivity contribution in [2.45, 2.75) is 19.9 Å². The largest absolute Gasteiger partial charge is 0.480 e. The molecule has 1 fully saturated rings. The second kappa shape index (κ2) is 5.50. The van der Waals surface area contributed by atoms with Crippen molar-refractivity contribution in [3.63, 3.8) is 0 Å². The highest BCUT2D eigenvalue weighted by Gasteiger charge is 2.30. The zero-order chi connectivity index (χ0) is 13.1. The van der Waals surface area contributed by atoms with Gasteiger partial charge in [-0.2, -0.15) is 0 Å². The molecule has 1 saturated heterocycles. The van der Waals surface area contributed by atoms with Gasteiger partial charge in [0.25, 0.3) is 0 Å². The van der Waals surface area contributed by atoms with Crippen LogP contribution in [0.4, 0.5) is 0 Å². The minimum Gasteiger partial charge on any atom is -0.480 e. The van der Waals surface area contributed by atoms with Gasteiger partial charge in [0.2, 0.25) is 0 Å². The molecule has 0 aromatic heterocycles. The molecule has 1 heterocycles. The van der Waals surface area contributed by atoms with Crippen LogP contribution in [0.3, 0.4) is 0 Å². The van der Waals surface area contributed by atoms with Gasteiger partial charge < -0.3 is 10.4 Å². The maximum Gasteiger partial charge on any atom is 0.325 e. The summed E-state index contributed by atoms with van der Waals surface area (Å²) in [5.41, 5.74) is 3.06. The fraction of sp³-hybridized carbons (Fsp3) is 0.500. The van der Waals surface area contributed by atoms with Crippen LogP contribution in [0.25, 0.3) is 0 Å². The van der Waals surface area contributed by atoms with Crippen molar-refractivity contribution >= 4 is 5.97 Å². The van der Waals surface area contributed by atoms with Crippen molar-refractivity contribution in [1.29, 1.82) is 0 Å². The summed E-state index contributed by atoms with van der Waals surface area (Å²) in [6, 6.07) is 5.43. The molecule has 18 heavy (non-hydrogen) atoms. The van der Waals surface area contributed by atoms with Gasteiger partial charge in [-0.15, -0.1) is 0 Å². The maximum atomic E-state index is 11.6. The molecule has 1 aliphatic heterocycles. The highest BCUT2D eigenvalue weighted by molar-refractivity contribution is 5.76. The lowest BCUT2D eigenvalue weighted by atomic mass is 9.94. The number of carboxylic acid groups (broad SMARTS) is 1. The Labute approximate surface area is 108 Å². The number of nitrogens with one attached hydrogen (secondary N) is 1. The van der Waals surface area contributed by atoms with Gasteiger partial charge in [-0.1, -0.05) is 18.2 Å². The molecule has 0 bridgehead atoms. The van der Waals surface area contributed by atoms with Crippen LogP contribution in [0.1, 0.15) is 22.7 Å². The minimum atomic E-state index is -0.755. The van der Waals surface area contributed by atoms with Gasteiger partial charge in [0, 0.05) is 26.2 Å². The number of hydrogen-bond donors (Lipinski definition) is 2. The van der Waals surface area contributed by atoms with Gasteiger partial charge in [-0.25, -0.2) is 0 Å². The molecule has 0 aliphatic carbocycles. The van der Waals surface area contributed by atoms with Crippen LogP contribution in [-0.2, 0) is 4.79 Å². The molecule has 1 aromatic carbocycles. The van der Waals surface area contributed by atoms with E-state index in [1.165, 1.54) is 0 Å². The Morgan fingerprint density at radius 1 is 1.28 bits per heavy atom. The summed E-state index contributed by atoms with van der Waals surface area (Å²) < 4.78 is 0. The molecule has 0 saturated carbocycles. The SMILES string of the molecule is Cc1cccc(C)c1C(C(=O)O)N1CCNCC1. The van der Waals surface area contributed by atoms with Gasteiger partial charge in [0.05, 0.1) is 0 Å². The number of piperazine rings is 1. The lowest BCUT2D eigenvalue weighted by Crippen LogP contribution is -2.47. The van der Waals surface area contributed by atoms with Crippen molar-refractivity contribution in [2.24, 2.45) is 0 Å². The van der Waals surface area contributed by atoms with Crippen LogP contribution in [0.15, 0.2) is 18.2 Å². The van der Waals surface area contributed by atoms with E-state index < -0.39 is 12.0 Å². The normalized spacial score (nSPS) is 18.6. The molecule has 1 unspecified atom stereocenters. The van der Waals surface area contributed by atoms with Crippen molar-refractivity contribution < 1.29 is 9.90 Å². The number of benzene rings is 1. The number of aliphatic carboxylic acids is 1. The predicted molar refractivity (Wildman–Crippen MR) is 70.7 cm³/mol. The molecule has 0 radical (unpaired) electrons. The lowest BCUT2D eigenvalue weighted by Gasteiger charge is -2.34. The van der Waals surface area contributed by atoms with E-state index in [0.29, 0.717) is 0 Å². The number of rotatable bonds is 3. The molecule has 98 valence electrons. The molecule has 0 amide bonds. The number of hydrogen-bond acceptors (Lipinski definition) is 3. The Morgan fingerprint density at radius 2 is 1.83 bits per heavy atom. The van der Waals surface area contributed by atoms with Gasteiger partial charge in [0.1, 0.15) is 6.04 Å². The van der Waals surface area contributed by atoms with Crippen LogP contribution in [0, 0.1) is 13.8 Å². The third kappa shape index (κ3) is 2.54. The maximum absolute atomic E-state index is 11.6. The van der Waals surface area contributed by atoms with Crippen LogP contribution in [0.2, 0.25) is 0 Å². The lowest BCUT2D eigenvalue weighted by molar-refractivity contribution is -0.143. The molecule has 1 atom stereocenters. The summed E-state index contributed by atoms with van der Waals surface area (Å²) in [4.78, 5) is 13.7. The van der Waals surface area contributed by atoms with E-state index >= 15 is 0 Å². The Bertz CT molecular complexity index is 419. The van der Waals surface area contributed by atoms with Crippen LogP contribution >= 0.6 is 0 Å². The molecule has 1 aliphatic rings. The smallest absolute Gasteiger partial charge is 0.325 e.